The van der Waals surface area contributed by atoms with Gasteiger partial charge in [0.15, 0.2) is 11.3 Å². The maximum atomic E-state index is 12.7. The van der Waals surface area contributed by atoms with Gasteiger partial charge < -0.3 is 9.88 Å². The van der Waals surface area contributed by atoms with Gasteiger partial charge in [0.25, 0.3) is 0 Å². The number of carbonyl (C=O) groups excluding carboxylic acids is 1. The maximum absolute atomic E-state index is 12.7. The van der Waals surface area contributed by atoms with Crippen molar-refractivity contribution >= 4 is 22.7 Å². The highest BCUT2D eigenvalue weighted by atomic mass is 16.2. The third-order valence-corrected chi connectivity index (χ3v) is 5.41. The van der Waals surface area contributed by atoms with Crippen molar-refractivity contribution in [2.45, 2.75) is 31.6 Å². The van der Waals surface area contributed by atoms with Crippen molar-refractivity contribution in [3.63, 3.8) is 0 Å². The number of amides is 1. The van der Waals surface area contributed by atoms with Crippen LogP contribution in [0.2, 0.25) is 0 Å². The van der Waals surface area contributed by atoms with Gasteiger partial charge in [0.2, 0.25) is 5.91 Å². The lowest BCUT2D eigenvalue weighted by Crippen LogP contribution is -2.43. The Morgan fingerprint density at radius 2 is 2.28 bits per heavy atom. The number of nitrogens with zero attached hydrogens (tertiary/aromatic N) is 6. The molecule has 0 unspecified atom stereocenters. The molecular formula is C17H17N7O. The summed E-state index contributed by atoms with van der Waals surface area (Å²) in [5, 5.41) is 18.0. The summed E-state index contributed by atoms with van der Waals surface area (Å²) < 4.78 is 2.02. The zero-order valence-corrected chi connectivity index (χ0v) is 13.6. The average Bonchev–Trinajstić information content (AvgIpc) is 3.10. The molecule has 1 amide bonds. The van der Waals surface area contributed by atoms with Crippen molar-refractivity contribution in [2.75, 3.05) is 13.1 Å². The van der Waals surface area contributed by atoms with Gasteiger partial charge in [-0.15, -0.1) is 10.2 Å². The smallest absolute Gasteiger partial charge is 0.243 e. The standard InChI is InChI=1S/C17H17N7O/c18-10-17(4-5-17)16(25)23-7-1-2-11(9-23)15-22-21-13-8-20-14-12(24(13)15)3-6-19-14/h3,6,8,11,19H,1-2,4-5,7,9H2/t11-/m1/s1. The summed E-state index contributed by atoms with van der Waals surface area (Å²) in [6.07, 6.45) is 6.80. The van der Waals surface area contributed by atoms with Crippen LogP contribution < -0.4 is 0 Å². The number of rotatable bonds is 2. The Bertz CT molecular complexity index is 1020. The van der Waals surface area contributed by atoms with E-state index in [4.69, 9.17) is 0 Å². The van der Waals surface area contributed by atoms with E-state index < -0.39 is 5.41 Å². The largest absolute Gasteiger partial charge is 0.345 e. The van der Waals surface area contributed by atoms with E-state index in [2.05, 4.69) is 26.2 Å². The number of hydrogen-bond donors (Lipinski definition) is 1. The number of nitrogens with one attached hydrogen (secondary N) is 1. The number of nitriles is 1. The van der Waals surface area contributed by atoms with Gasteiger partial charge in [-0.1, -0.05) is 0 Å². The maximum Gasteiger partial charge on any atom is 0.243 e. The molecule has 2 fully saturated rings. The van der Waals surface area contributed by atoms with Crippen LogP contribution in [0.5, 0.6) is 0 Å². The van der Waals surface area contributed by atoms with Gasteiger partial charge in [-0.2, -0.15) is 5.26 Å². The molecule has 126 valence electrons. The lowest BCUT2D eigenvalue weighted by atomic mass is 9.95. The molecule has 1 N–H and O–H groups in total. The van der Waals surface area contributed by atoms with Crippen molar-refractivity contribution in [2.24, 2.45) is 5.41 Å². The van der Waals surface area contributed by atoms with Crippen molar-refractivity contribution in [3.8, 4) is 6.07 Å². The second kappa shape index (κ2) is 5.02. The molecule has 3 aromatic rings. The fraction of sp³-hybridized carbons (Fsp3) is 0.471. The van der Waals surface area contributed by atoms with Crippen molar-refractivity contribution in [1.82, 2.24) is 29.5 Å². The van der Waals surface area contributed by atoms with E-state index in [1.54, 1.807) is 6.20 Å². The van der Waals surface area contributed by atoms with Crippen molar-refractivity contribution < 1.29 is 4.79 Å². The molecule has 1 saturated carbocycles. The van der Waals surface area contributed by atoms with E-state index in [0.29, 0.717) is 25.0 Å². The molecule has 1 saturated heterocycles. The number of H-pyrrole nitrogens is 1. The number of carbonyl (C=O) groups is 1. The third-order valence-electron chi connectivity index (χ3n) is 5.41. The number of aromatic amines is 1. The first-order valence-corrected chi connectivity index (χ1v) is 8.60. The van der Waals surface area contributed by atoms with Gasteiger partial charge in [-0.25, -0.2) is 4.98 Å². The normalized spacial score (nSPS) is 22.2. The Morgan fingerprint density at radius 3 is 3.08 bits per heavy atom. The molecule has 8 heteroatoms. The first-order chi connectivity index (χ1) is 12.2. The molecule has 4 heterocycles. The van der Waals surface area contributed by atoms with E-state index in [1.807, 2.05) is 21.6 Å². The first-order valence-electron chi connectivity index (χ1n) is 8.60. The number of aromatic nitrogens is 5. The van der Waals surface area contributed by atoms with Crippen LogP contribution in [0.1, 0.15) is 37.4 Å². The lowest BCUT2D eigenvalue weighted by Gasteiger charge is -2.33. The monoisotopic (exact) mass is 335 g/mol. The van der Waals surface area contributed by atoms with E-state index in [0.717, 1.165) is 36.4 Å². The van der Waals surface area contributed by atoms with Crippen molar-refractivity contribution in [3.05, 3.63) is 24.3 Å². The van der Waals surface area contributed by atoms with Gasteiger partial charge in [-0.05, 0) is 31.7 Å². The number of likely N-dealkylation sites (tertiary alicyclic amines) is 1. The predicted molar refractivity (Wildman–Crippen MR) is 88.5 cm³/mol. The van der Waals surface area contributed by atoms with Crippen LogP contribution in [0.3, 0.4) is 0 Å². The topological polar surface area (TPSA) is 103 Å². The van der Waals surface area contributed by atoms with Gasteiger partial charge in [0.1, 0.15) is 11.2 Å². The molecule has 5 rings (SSSR count). The van der Waals surface area contributed by atoms with Crippen LogP contribution in [0, 0.1) is 16.7 Å². The summed E-state index contributed by atoms with van der Waals surface area (Å²) in [5.74, 6) is 0.964. The van der Waals surface area contributed by atoms with Gasteiger partial charge in [0, 0.05) is 25.2 Å². The highest BCUT2D eigenvalue weighted by Crippen LogP contribution is 2.47. The van der Waals surface area contributed by atoms with Gasteiger partial charge in [0.05, 0.1) is 17.8 Å². The van der Waals surface area contributed by atoms with E-state index in [-0.39, 0.29) is 11.8 Å². The molecule has 0 spiro atoms. The minimum atomic E-state index is -0.757. The summed E-state index contributed by atoms with van der Waals surface area (Å²) >= 11 is 0. The average molecular weight is 335 g/mol. The minimum absolute atomic E-state index is 0.0121. The molecule has 0 bridgehead atoms. The summed E-state index contributed by atoms with van der Waals surface area (Å²) in [6, 6.07) is 4.17. The number of hydrogen-bond acceptors (Lipinski definition) is 5. The van der Waals surface area contributed by atoms with Gasteiger partial charge >= 0.3 is 0 Å². The molecule has 1 atom stereocenters. The molecule has 0 aromatic carbocycles. The summed E-state index contributed by atoms with van der Waals surface area (Å²) in [5.41, 5.74) is 1.68. The van der Waals surface area contributed by atoms with Crippen LogP contribution in [-0.2, 0) is 4.79 Å². The van der Waals surface area contributed by atoms with Gasteiger partial charge in [-0.3, -0.25) is 9.20 Å². The quantitative estimate of drug-likeness (QED) is 0.766. The van der Waals surface area contributed by atoms with Crippen LogP contribution in [0.15, 0.2) is 18.5 Å². The number of fused-ring (bicyclic) bond motifs is 3. The Labute approximate surface area is 143 Å². The molecule has 8 nitrogen and oxygen atoms in total. The van der Waals surface area contributed by atoms with Crippen LogP contribution in [0.4, 0.5) is 0 Å². The molecular weight excluding hydrogens is 318 g/mol. The summed E-state index contributed by atoms with van der Waals surface area (Å²) in [7, 11) is 0. The highest BCUT2D eigenvalue weighted by molar-refractivity contribution is 5.88. The molecule has 2 aliphatic rings. The van der Waals surface area contributed by atoms with Crippen molar-refractivity contribution in [1.29, 1.82) is 5.26 Å². The zero-order chi connectivity index (χ0) is 17.0. The summed E-state index contributed by atoms with van der Waals surface area (Å²) in [4.78, 5) is 22.0. The SMILES string of the molecule is N#CC1(C(=O)N2CCC[C@@H](c3nnc4cnc5[nH]ccc5n34)C2)CC1. The van der Waals surface area contributed by atoms with E-state index >= 15 is 0 Å². The molecule has 25 heavy (non-hydrogen) atoms. The Balaban J connectivity index is 1.51. The van der Waals surface area contributed by atoms with Crippen LogP contribution in [0.25, 0.3) is 16.8 Å². The number of piperidine rings is 1. The molecule has 1 aliphatic heterocycles. The van der Waals surface area contributed by atoms with Crippen LogP contribution >= 0.6 is 0 Å². The summed E-state index contributed by atoms with van der Waals surface area (Å²) in [6.45, 7) is 1.31. The second-order valence-corrected chi connectivity index (χ2v) is 7.01. The van der Waals surface area contributed by atoms with E-state index in [1.165, 1.54) is 0 Å². The highest BCUT2D eigenvalue weighted by Gasteiger charge is 2.53. The van der Waals surface area contributed by atoms with E-state index in [9.17, 15) is 10.1 Å². The van der Waals surface area contributed by atoms with Crippen LogP contribution in [-0.4, -0.2) is 48.5 Å². The lowest BCUT2D eigenvalue weighted by molar-refractivity contribution is -0.136. The Hall–Kier alpha value is -2.95. The molecule has 3 aromatic heterocycles. The Morgan fingerprint density at radius 1 is 1.40 bits per heavy atom. The zero-order valence-electron chi connectivity index (χ0n) is 13.6. The Kier molecular flexibility index (Phi) is 2.89. The third kappa shape index (κ3) is 2.05. The molecule has 0 radical (unpaired) electrons. The first kappa shape index (κ1) is 14.4. The molecule has 1 aliphatic carbocycles. The fourth-order valence-corrected chi connectivity index (χ4v) is 3.84. The predicted octanol–water partition coefficient (Wildman–Crippen LogP) is 1.62. The minimum Gasteiger partial charge on any atom is -0.345 e. The fourth-order valence-electron chi connectivity index (χ4n) is 3.84. The second-order valence-electron chi connectivity index (χ2n) is 7.01.